The third kappa shape index (κ3) is 3.70. The van der Waals surface area contributed by atoms with E-state index in [9.17, 15) is 4.79 Å². The molecule has 4 aliphatic carbocycles. The van der Waals surface area contributed by atoms with Crippen LogP contribution in [0.5, 0.6) is 0 Å². The number of carbonyl (C=O) groups excluding carboxylic acids is 1. The Balaban J connectivity index is 1.52. The summed E-state index contributed by atoms with van der Waals surface area (Å²) in [5.41, 5.74) is 2.47. The lowest BCUT2D eigenvalue weighted by atomic mass is 9.47. The Bertz CT molecular complexity index is 657. The van der Waals surface area contributed by atoms with Crippen molar-refractivity contribution in [1.29, 1.82) is 0 Å². The van der Waals surface area contributed by atoms with E-state index in [-0.39, 0.29) is 12.1 Å². The molecule has 0 heterocycles. The second kappa shape index (κ2) is 8.21. The standard InChI is InChI=1S/C26H41ClO2/c1-17(6-5-15-27)22-9-10-23-21-8-7-19-16-20(29-18(2)28)11-13-25(19,3)24(21)12-14-26(22,23)4/h7,17,20-24H,5-6,8-16H2,1-4H3/t17-,20?,21+,22-,23+,24+,25+,26-/m1/s1. The molecule has 0 bridgehead atoms. The van der Waals surface area contributed by atoms with Crippen LogP contribution in [-0.4, -0.2) is 18.0 Å². The van der Waals surface area contributed by atoms with Crippen LogP contribution in [-0.2, 0) is 9.53 Å². The summed E-state index contributed by atoms with van der Waals surface area (Å²) >= 11 is 6.00. The van der Waals surface area contributed by atoms with Gasteiger partial charge in [-0.05, 0) is 98.2 Å². The highest BCUT2D eigenvalue weighted by Gasteiger charge is 2.59. The van der Waals surface area contributed by atoms with E-state index in [1.165, 1.54) is 51.4 Å². The highest BCUT2D eigenvalue weighted by Crippen LogP contribution is 2.67. The SMILES string of the molecule is CC(=O)OC1CC[C@@]2(C)C(=CC[C@H]3[C@@H]4CC[C@H]([C@H](C)CCCCl)[C@@]4(C)CC[C@@H]32)C1. The number of hydrogen-bond acceptors (Lipinski definition) is 2. The molecule has 3 fully saturated rings. The number of allylic oxidation sites excluding steroid dienone is 1. The van der Waals surface area contributed by atoms with Crippen LogP contribution in [0.2, 0.25) is 0 Å². The Morgan fingerprint density at radius 2 is 2.00 bits per heavy atom. The van der Waals surface area contributed by atoms with Crippen molar-refractivity contribution >= 4 is 17.6 Å². The largest absolute Gasteiger partial charge is 0.462 e. The zero-order chi connectivity index (χ0) is 20.8. The van der Waals surface area contributed by atoms with Gasteiger partial charge in [-0.1, -0.05) is 32.4 Å². The topological polar surface area (TPSA) is 26.3 Å². The van der Waals surface area contributed by atoms with E-state index < -0.39 is 0 Å². The molecule has 0 amide bonds. The average Bonchev–Trinajstić information content (AvgIpc) is 3.03. The van der Waals surface area contributed by atoms with Gasteiger partial charge in [0.05, 0.1) is 0 Å². The number of alkyl halides is 1. The van der Waals surface area contributed by atoms with Gasteiger partial charge in [0.2, 0.25) is 0 Å². The van der Waals surface area contributed by atoms with Crippen molar-refractivity contribution in [2.45, 2.75) is 98.0 Å². The summed E-state index contributed by atoms with van der Waals surface area (Å²) in [4.78, 5) is 11.4. The molecule has 3 saturated carbocycles. The average molecular weight is 421 g/mol. The second-order valence-electron chi connectivity index (χ2n) is 11.3. The number of hydrogen-bond donors (Lipinski definition) is 0. The predicted molar refractivity (Wildman–Crippen MR) is 120 cm³/mol. The molecule has 2 nitrogen and oxygen atoms in total. The highest BCUT2D eigenvalue weighted by molar-refractivity contribution is 6.17. The van der Waals surface area contributed by atoms with Gasteiger partial charge in [0.1, 0.15) is 6.10 Å². The van der Waals surface area contributed by atoms with E-state index in [2.05, 4.69) is 26.8 Å². The minimum absolute atomic E-state index is 0.107. The lowest BCUT2D eigenvalue weighted by Gasteiger charge is -2.58. The first-order chi connectivity index (χ1) is 13.8. The third-order valence-corrected chi connectivity index (χ3v) is 10.2. The van der Waals surface area contributed by atoms with Crippen molar-refractivity contribution in [3.8, 4) is 0 Å². The molecule has 0 aliphatic heterocycles. The Hall–Kier alpha value is -0.500. The maximum atomic E-state index is 11.4. The van der Waals surface area contributed by atoms with E-state index in [4.69, 9.17) is 16.3 Å². The van der Waals surface area contributed by atoms with Crippen molar-refractivity contribution in [2.75, 3.05) is 5.88 Å². The first-order valence-corrected chi connectivity index (χ1v) is 12.8. The van der Waals surface area contributed by atoms with E-state index in [0.29, 0.717) is 10.8 Å². The molecule has 4 rings (SSSR count). The van der Waals surface area contributed by atoms with Gasteiger partial charge in [0.15, 0.2) is 0 Å². The van der Waals surface area contributed by atoms with Gasteiger partial charge in [-0.2, -0.15) is 0 Å². The maximum Gasteiger partial charge on any atom is 0.302 e. The zero-order valence-electron chi connectivity index (χ0n) is 19.0. The molecule has 1 unspecified atom stereocenters. The van der Waals surface area contributed by atoms with Gasteiger partial charge < -0.3 is 4.74 Å². The maximum absolute atomic E-state index is 11.4. The van der Waals surface area contributed by atoms with Gasteiger partial charge in [0, 0.05) is 19.2 Å². The van der Waals surface area contributed by atoms with Crippen molar-refractivity contribution in [1.82, 2.24) is 0 Å². The number of halogens is 1. The van der Waals surface area contributed by atoms with Crippen molar-refractivity contribution in [3.63, 3.8) is 0 Å². The van der Waals surface area contributed by atoms with E-state index in [1.807, 2.05) is 0 Å². The van der Waals surface area contributed by atoms with Gasteiger partial charge in [-0.25, -0.2) is 0 Å². The predicted octanol–water partition coefficient (Wildman–Crippen LogP) is 7.15. The zero-order valence-corrected chi connectivity index (χ0v) is 19.8. The summed E-state index contributed by atoms with van der Waals surface area (Å²) in [5.74, 6) is 4.96. The molecule has 4 aliphatic rings. The Morgan fingerprint density at radius 1 is 1.21 bits per heavy atom. The van der Waals surface area contributed by atoms with Gasteiger partial charge >= 0.3 is 5.97 Å². The summed E-state index contributed by atoms with van der Waals surface area (Å²) < 4.78 is 5.59. The fourth-order valence-electron chi connectivity index (χ4n) is 8.54. The van der Waals surface area contributed by atoms with Crippen LogP contribution in [0.15, 0.2) is 11.6 Å². The first kappa shape index (κ1) is 21.7. The van der Waals surface area contributed by atoms with E-state index in [1.54, 1.807) is 12.5 Å². The summed E-state index contributed by atoms with van der Waals surface area (Å²) in [6.07, 6.45) is 15.3. The van der Waals surface area contributed by atoms with Crippen LogP contribution >= 0.6 is 11.6 Å². The number of esters is 1. The molecular weight excluding hydrogens is 380 g/mol. The number of ether oxygens (including phenoxy) is 1. The minimum Gasteiger partial charge on any atom is -0.462 e. The Kier molecular flexibility index (Phi) is 6.15. The fourth-order valence-corrected chi connectivity index (χ4v) is 8.69. The number of carbonyl (C=O) groups is 1. The van der Waals surface area contributed by atoms with Crippen LogP contribution in [0.25, 0.3) is 0 Å². The van der Waals surface area contributed by atoms with Crippen LogP contribution in [0.1, 0.15) is 91.9 Å². The number of fused-ring (bicyclic) bond motifs is 5. The summed E-state index contributed by atoms with van der Waals surface area (Å²) in [5, 5.41) is 0. The molecule has 164 valence electrons. The molecule has 0 radical (unpaired) electrons. The summed E-state index contributed by atoms with van der Waals surface area (Å²) in [7, 11) is 0. The summed E-state index contributed by atoms with van der Waals surface area (Å²) in [6.45, 7) is 9.22. The molecule has 8 atom stereocenters. The smallest absolute Gasteiger partial charge is 0.302 e. The van der Waals surface area contributed by atoms with Gasteiger partial charge in [-0.15, -0.1) is 11.6 Å². The van der Waals surface area contributed by atoms with E-state index >= 15 is 0 Å². The van der Waals surface area contributed by atoms with Gasteiger partial charge in [-0.3, -0.25) is 4.79 Å². The molecule has 0 aromatic heterocycles. The quantitative estimate of drug-likeness (QED) is 0.268. The molecule has 0 aromatic carbocycles. The lowest BCUT2D eigenvalue weighted by Crippen LogP contribution is -2.51. The minimum atomic E-state index is -0.124. The molecular formula is C26H41ClO2. The van der Waals surface area contributed by atoms with Crippen molar-refractivity contribution < 1.29 is 9.53 Å². The lowest BCUT2D eigenvalue weighted by molar-refractivity contribution is -0.148. The molecule has 0 N–H and O–H groups in total. The van der Waals surface area contributed by atoms with Crippen molar-refractivity contribution in [2.24, 2.45) is 40.4 Å². The molecule has 0 aromatic rings. The van der Waals surface area contributed by atoms with Crippen LogP contribution < -0.4 is 0 Å². The van der Waals surface area contributed by atoms with Gasteiger partial charge in [0.25, 0.3) is 0 Å². The fraction of sp³-hybridized carbons (Fsp3) is 0.885. The molecule has 3 heteroatoms. The van der Waals surface area contributed by atoms with Crippen molar-refractivity contribution in [3.05, 3.63) is 11.6 Å². The summed E-state index contributed by atoms with van der Waals surface area (Å²) in [6, 6.07) is 0. The first-order valence-electron chi connectivity index (χ1n) is 12.2. The van der Waals surface area contributed by atoms with E-state index in [0.717, 1.165) is 48.3 Å². The molecule has 0 saturated heterocycles. The van der Waals surface area contributed by atoms with Crippen LogP contribution in [0.4, 0.5) is 0 Å². The third-order valence-electron chi connectivity index (χ3n) is 9.94. The molecule has 29 heavy (non-hydrogen) atoms. The highest BCUT2D eigenvalue weighted by atomic mass is 35.5. The number of rotatable bonds is 5. The van der Waals surface area contributed by atoms with Crippen LogP contribution in [0.3, 0.4) is 0 Å². The Labute approximate surface area is 183 Å². The monoisotopic (exact) mass is 420 g/mol. The second-order valence-corrected chi connectivity index (χ2v) is 11.6. The normalized spacial score (nSPS) is 44.9. The molecule has 0 spiro atoms. The Morgan fingerprint density at radius 3 is 2.72 bits per heavy atom. The van der Waals surface area contributed by atoms with Crippen LogP contribution in [0, 0.1) is 40.4 Å².